The molecular formula is C11H15NO3S. The van der Waals surface area contributed by atoms with E-state index in [4.69, 9.17) is 5.11 Å². The first-order valence-electron chi connectivity index (χ1n) is 4.84. The highest BCUT2D eigenvalue weighted by Crippen LogP contribution is 2.13. The van der Waals surface area contributed by atoms with E-state index in [1.165, 1.54) is 24.3 Å². The fraction of sp³-hybridized carbons (Fsp3) is 0.273. The van der Waals surface area contributed by atoms with Crippen LogP contribution in [0.25, 0.3) is 0 Å². The van der Waals surface area contributed by atoms with Crippen LogP contribution in [0.15, 0.2) is 40.8 Å². The lowest BCUT2D eigenvalue weighted by atomic mass is 10.3. The van der Waals surface area contributed by atoms with E-state index in [1.54, 1.807) is 6.08 Å². The third kappa shape index (κ3) is 3.67. The summed E-state index contributed by atoms with van der Waals surface area (Å²) in [5.41, 5.74) is 1.05. The Balaban J connectivity index is 2.78. The molecule has 0 spiro atoms. The molecule has 0 amide bonds. The van der Waals surface area contributed by atoms with Crippen LogP contribution in [0.1, 0.15) is 13.8 Å². The van der Waals surface area contributed by atoms with Crippen molar-refractivity contribution >= 4 is 10.0 Å². The zero-order valence-electron chi connectivity index (χ0n) is 9.27. The molecule has 1 aromatic carbocycles. The van der Waals surface area contributed by atoms with Gasteiger partial charge in [-0.25, -0.2) is 13.1 Å². The standard InChI is InChI=1S/C11H15NO3S/c1-9(2)7-8-12-16(14,15)11-5-3-10(13)4-6-11/h3-7,12-13H,8H2,1-2H3. The molecule has 0 saturated carbocycles. The molecule has 16 heavy (non-hydrogen) atoms. The maximum Gasteiger partial charge on any atom is 0.240 e. The SMILES string of the molecule is CC(C)=CCNS(=O)(=O)c1ccc(O)cc1. The van der Waals surface area contributed by atoms with Crippen LogP contribution < -0.4 is 4.72 Å². The molecule has 1 aromatic rings. The topological polar surface area (TPSA) is 66.4 Å². The van der Waals surface area contributed by atoms with E-state index < -0.39 is 10.0 Å². The fourth-order valence-electron chi connectivity index (χ4n) is 1.06. The molecule has 0 aliphatic carbocycles. The van der Waals surface area contributed by atoms with Crippen LogP contribution in [0.4, 0.5) is 0 Å². The molecule has 4 nitrogen and oxygen atoms in total. The van der Waals surface area contributed by atoms with E-state index in [0.717, 1.165) is 5.57 Å². The van der Waals surface area contributed by atoms with Crippen molar-refractivity contribution in [3.63, 3.8) is 0 Å². The van der Waals surface area contributed by atoms with Gasteiger partial charge in [0.15, 0.2) is 0 Å². The monoisotopic (exact) mass is 241 g/mol. The van der Waals surface area contributed by atoms with E-state index in [0.29, 0.717) is 0 Å². The molecule has 0 bridgehead atoms. The normalized spacial score (nSPS) is 11.1. The van der Waals surface area contributed by atoms with Crippen molar-refractivity contribution in [3.8, 4) is 5.75 Å². The Morgan fingerprint density at radius 3 is 2.38 bits per heavy atom. The minimum Gasteiger partial charge on any atom is -0.508 e. The molecule has 0 radical (unpaired) electrons. The van der Waals surface area contributed by atoms with E-state index in [9.17, 15) is 8.42 Å². The van der Waals surface area contributed by atoms with Gasteiger partial charge < -0.3 is 5.11 Å². The number of phenols is 1. The Labute approximate surface area is 95.7 Å². The second-order valence-corrected chi connectivity index (χ2v) is 5.39. The molecule has 0 heterocycles. The van der Waals surface area contributed by atoms with Crippen molar-refractivity contribution in [2.75, 3.05) is 6.54 Å². The Morgan fingerprint density at radius 2 is 1.88 bits per heavy atom. The van der Waals surface area contributed by atoms with Crippen molar-refractivity contribution < 1.29 is 13.5 Å². The maximum absolute atomic E-state index is 11.7. The van der Waals surface area contributed by atoms with E-state index in [-0.39, 0.29) is 17.2 Å². The Bertz CT molecular complexity index is 470. The molecule has 0 atom stereocenters. The highest BCUT2D eigenvalue weighted by Gasteiger charge is 2.11. The van der Waals surface area contributed by atoms with Gasteiger partial charge in [-0.05, 0) is 38.1 Å². The molecule has 1 rings (SSSR count). The summed E-state index contributed by atoms with van der Waals surface area (Å²) in [5, 5.41) is 9.05. The van der Waals surface area contributed by atoms with E-state index in [1.807, 2.05) is 13.8 Å². The number of benzene rings is 1. The zero-order chi connectivity index (χ0) is 12.2. The minimum atomic E-state index is -3.48. The van der Waals surface area contributed by atoms with Gasteiger partial charge in [0, 0.05) is 6.54 Å². The smallest absolute Gasteiger partial charge is 0.240 e. The Hall–Kier alpha value is -1.33. The van der Waals surface area contributed by atoms with Crippen LogP contribution in [0.3, 0.4) is 0 Å². The number of sulfonamides is 1. The van der Waals surface area contributed by atoms with Crippen molar-refractivity contribution in [1.29, 1.82) is 0 Å². The molecule has 0 fully saturated rings. The first kappa shape index (κ1) is 12.7. The molecule has 0 aromatic heterocycles. The quantitative estimate of drug-likeness (QED) is 0.787. The van der Waals surface area contributed by atoms with Gasteiger partial charge in [0.2, 0.25) is 10.0 Å². The van der Waals surface area contributed by atoms with Crippen LogP contribution in [-0.2, 0) is 10.0 Å². The lowest BCUT2D eigenvalue weighted by molar-refractivity contribution is 0.474. The third-order valence-electron chi connectivity index (χ3n) is 1.93. The number of hydrogen-bond acceptors (Lipinski definition) is 3. The predicted octanol–water partition coefficient (Wildman–Crippen LogP) is 1.64. The maximum atomic E-state index is 11.7. The summed E-state index contributed by atoms with van der Waals surface area (Å²) in [5.74, 6) is 0.0447. The van der Waals surface area contributed by atoms with Gasteiger partial charge in [-0.3, -0.25) is 0 Å². The highest BCUT2D eigenvalue weighted by molar-refractivity contribution is 7.89. The van der Waals surface area contributed by atoms with Gasteiger partial charge >= 0.3 is 0 Å². The molecular weight excluding hydrogens is 226 g/mol. The number of allylic oxidation sites excluding steroid dienone is 1. The molecule has 0 aliphatic rings. The van der Waals surface area contributed by atoms with Gasteiger partial charge in [0.1, 0.15) is 5.75 Å². The van der Waals surface area contributed by atoms with Crippen molar-refractivity contribution in [2.45, 2.75) is 18.7 Å². The molecule has 0 aliphatic heterocycles. The third-order valence-corrected chi connectivity index (χ3v) is 3.37. The number of hydrogen-bond donors (Lipinski definition) is 2. The van der Waals surface area contributed by atoms with Crippen LogP contribution in [0, 0.1) is 0 Å². The fourth-order valence-corrected chi connectivity index (χ4v) is 2.03. The predicted molar refractivity (Wildman–Crippen MR) is 62.7 cm³/mol. The summed E-state index contributed by atoms with van der Waals surface area (Å²) < 4.78 is 25.8. The van der Waals surface area contributed by atoms with E-state index in [2.05, 4.69) is 4.72 Å². The summed E-state index contributed by atoms with van der Waals surface area (Å²) >= 11 is 0. The minimum absolute atomic E-state index is 0.0447. The number of rotatable bonds is 4. The molecule has 88 valence electrons. The van der Waals surface area contributed by atoms with Crippen LogP contribution >= 0.6 is 0 Å². The first-order valence-corrected chi connectivity index (χ1v) is 6.32. The summed E-state index contributed by atoms with van der Waals surface area (Å²) in [6.45, 7) is 4.06. The second-order valence-electron chi connectivity index (χ2n) is 3.63. The zero-order valence-corrected chi connectivity index (χ0v) is 10.1. The van der Waals surface area contributed by atoms with Crippen molar-refractivity contribution in [2.24, 2.45) is 0 Å². The summed E-state index contributed by atoms with van der Waals surface area (Å²) in [6.07, 6.45) is 1.79. The number of phenolic OH excluding ortho intramolecular Hbond substituents is 1. The van der Waals surface area contributed by atoms with Gasteiger partial charge in [-0.1, -0.05) is 11.6 Å². The van der Waals surface area contributed by atoms with Gasteiger partial charge in [0.05, 0.1) is 4.90 Å². The van der Waals surface area contributed by atoms with Crippen molar-refractivity contribution in [1.82, 2.24) is 4.72 Å². The highest BCUT2D eigenvalue weighted by atomic mass is 32.2. The molecule has 0 saturated heterocycles. The van der Waals surface area contributed by atoms with Crippen LogP contribution in [0.5, 0.6) is 5.75 Å². The Kier molecular flexibility index (Phi) is 4.09. The van der Waals surface area contributed by atoms with Gasteiger partial charge in [0.25, 0.3) is 0 Å². The second kappa shape index (κ2) is 5.14. The largest absolute Gasteiger partial charge is 0.508 e. The summed E-state index contributed by atoms with van der Waals surface area (Å²) in [6, 6.07) is 5.41. The van der Waals surface area contributed by atoms with E-state index >= 15 is 0 Å². The van der Waals surface area contributed by atoms with Crippen LogP contribution in [-0.4, -0.2) is 20.1 Å². The first-order chi connectivity index (χ1) is 7.42. The lowest BCUT2D eigenvalue weighted by Gasteiger charge is -2.04. The molecule has 5 heteroatoms. The van der Waals surface area contributed by atoms with Gasteiger partial charge in [-0.2, -0.15) is 0 Å². The van der Waals surface area contributed by atoms with Gasteiger partial charge in [-0.15, -0.1) is 0 Å². The molecule has 0 unspecified atom stereocenters. The summed E-state index contributed by atoms with van der Waals surface area (Å²) in [4.78, 5) is 0.146. The number of aromatic hydroxyl groups is 1. The van der Waals surface area contributed by atoms with Crippen molar-refractivity contribution in [3.05, 3.63) is 35.9 Å². The molecule has 2 N–H and O–H groups in total. The number of nitrogens with one attached hydrogen (secondary N) is 1. The van der Waals surface area contributed by atoms with Crippen LogP contribution in [0.2, 0.25) is 0 Å². The summed E-state index contributed by atoms with van der Waals surface area (Å²) in [7, 11) is -3.48. The average Bonchev–Trinajstić information content (AvgIpc) is 2.17. The Morgan fingerprint density at radius 1 is 1.31 bits per heavy atom. The average molecular weight is 241 g/mol. The lowest BCUT2D eigenvalue weighted by Crippen LogP contribution is -2.23.